The molecule has 1 aromatic rings. The van der Waals surface area contributed by atoms with Crippen molar-refractivity contribution in [1.29, 1.82) is 0 Å². The lowest BCUT2D eigenvalue weighted by molar-refractivity contribution is 0.169. The Labute approximate surface area is 159 Å². The summed E-state index contributed by atoms with van der Waals surface area (Å²) >= 11 is 0. The predicted octanol–water partition coefficient (Wildman–Crippen LogP) is 3.72. The Morgan fingerprint density at radius 3 is 2.50 bits per heavy atom. The predicted molar refractivity (Wildman–Crippen MR) is 110 cm³/mol. The second-order valence-corrected chi connectivity index (χ2v) is 7.04. The molecule has 0 aliphatic heterocycles. The van der Waals surface area contributed by atoms with Crippen LogP contribution in [-0.4, -0.2) is 36.9 Å². The fourth-order valence-electron chi connectivity index (χ4n) is 2.95. The Kier molecular flexibility index (Phi) is 10.1. The number of nitrogens with zero attached hydrogens (tertiary/aromatic N) is 1. The molecule has 0 amide bonds. The van der Waals surface area contributed by atoms with Crippen molar-refractivity contribution in [3.63, 3.8) is 0 Å². The van der Waals surface area contributed by atoms with Gasteiger partial charge in [-0.3, -0.25) is 0 Å². The van der Waals surface area contributed by atoms with Gasteiger partial charge in [0.05, 0.1) is 12.6 Å². The molecule has 0 aromatic heterocycles. The molecule has 0 saturated heterocycles. The Hall–Kier alpha value is -1.75. The fourth-order valence-corrected chi connectivity index (χ4v) is 2.95. The summed E-state index contributed by atoms with van der Waals surface area (Å²) in [6.45, 7) is 12.9. The summed E-state index contributed by atoms with van der Waals surface area (Å²) in [5.74, 6) is 1.69. The number of aliphatic imine (C=N–C) groups is 1. The SMILES string of the molecule is CCNC(=NCc1cccc(OC(C)C)c1)NCC(CC)(CC)CCO. The quantitative estimate of drug-likeness (QED) is 0.414. The molecular weight excluding hydrogens is 326 g/mol. The zero-order chi connectivity index (χ0) is 19.4. The highest BCUT2D eigenvalue weighted by Gasteiger charge is 2.25. The first-order valence-corrected chi connectivity index (χ1v) is 9.87. The van der Waals surface area contributed by atoms with Crippen molar-refractivity contribution < 1.29 is 9.84 Å². The van der Waals surface area contributed by atoms with Gasteiger partial charge >= 0.3 is 0 Å². The molecule has 0 atom stereocenters. The molecule has 3 N–H and O–H groups in total. The third kappa shape index (κ3) is 7.65. The molecular formula is C21H37N3O2. The average Bonchev–Trinajstić information content (AvgIpc) is 2.62. The Balaban J connectivity index is 2.76. The largest absolute Gasteiger partial charge is 0.491 e. The van der Waals surface area contributed by atoms with Crippen LogP contribution in [0.1, 0.15) is 59.4 Å². The van der Waals surface area contributed by atoms with Crippen LogP contribution >= 0.6 is 0 Å². The van der Waals surface area contributed by atoms with E-state index in [4.69, 9.17) is 9.73 Å². The molecule has 0 unspecified atom stereocenters. The van der Waals surface area contributed by atoms with E-state index in [1.54, 1.807) is 0 Å². The second kappa shape index (κ2) is 11.8. The summed E-state index contributed by atoms with van der Waals surface area (Å²) < 4.78 is 5.75. The van der Waals surface area contributed by atoms with Gasteiger partial charge in [-0.25, -0.2) is 4.99 Å². The van der Waals surface area contributed by atoms with E-state index in [0.717, 1.165) is 49.6 Å². The molecule has 0 spiro atoms. The van der Waals surface area contributed by atoms with E-state index >= 15 is 0 Å². The molecule has 0 saturated carbocycles. The van der Waals surface area contributed by atoms with Gasteiger partial charge in [0.25, 0.3) is 0 Å². The van der Waals surface area contributed by atoms with Crippen molar-refractivity contribution in [3.05, 3.63) is 29.8 Å². The van der Waals surface area contributed by atoms with Gasteiger partial charge in [0.15, 0.2) is 5.96 Å². The minimum atomic E-state index is 0.107. The number of hydrogen-bond donors (Lipinski definition) is 3. The highest BCUT2D eigenvalue weighted by Crippen LogP contribution is 2.29. The van der Waals surface area contributed by atoms with Crippen LogP contribution in [-0.2, 0) is 6.54 Å². The van der Waals surface area contributed by atoms with Crippen LogP contribution in [0.3, 0.4) is 0 Å². The molecule has 0 aliphatic rings. The van der Waals surface area contributed by atoms with Crippen molar-refractivity contribution in [2.45, 2.75) is 66.5 Å². The molecule has 5 nitrogen and oxygen atoms in total. The van der Waals surface area contributed by atoms with Crippen molar-refractivity contribution in [2.24, 2.45) is 10.4 Å². The molecule has 1 rings (SSSR count). The van der Waals surface area contributed by atoms with E-state index in [0.29, 0.717) is 6.54 Å². The van der Waals surface area contributed by atoms with Gasteiger partial charge in [-0.1, -0.05) is 26.0 Å². The van der Waals surface area contributed by atoms with Crippen molar-refractivity contribution >= 4 is 5.96 Å². The van der Waals surface area contributed by atoms with Gasteiger partial charge in [0, 0.05) is 19.7 Å². The van der Waals surface area contributed by atoms with E-state index in [-0.39, 0.29) is 18.1 Å². The summed E-state index contributed by atoms with van der Waals surface area (Å²) in [6.07, 6.45) is 3.03. The van der Waals surface area contributed by atoms with E-state index in [2.05, 4.69) is 37.5 Å². The van der Waals surface area contributed by atoms with Crippen LogP contribution in [0.25, 0.3) is 0 Å². The summed E-state index contributed by atoms with van der Waals surface area (Å²) in [7, 11) is 0. The van der Waals surface area contributed by atoms with Crippen molar-refractivity contribution in [3.8, 4) is 5.75 Å². The van der Waals surface area contributed by atoms with E-state index < -0.39 is 0 Å². The molecule has 26 heavy (non-hydrogen) atoms. The highest BCUT2D eigenvalue weighted by atomic mass is 16.5. The molecule has 0 aliphatic carbocycles. The topological polar surface area (TPSA) is 65.9 Å². The average molecular weight is 364 g/mol. The first kappa shape index (κ1) is 22.3. The molecule has 0 fully saturated rings. The van der Waals surface area contributed by atoms with Crippen LogP contribution < -0.4 is 15.4 Å². The molecule has 148 valence electrons. The fraction of sp³-hybridized carbons (Fsp3) is 0.667. The van der Waals surface area contributed by atoms with Crippen LogP contribution in [0, 0.1) is 5.41 Å². The van der Waals surface area contributed by atoms with E-state index in [1.165, 1.54) is 0 Å². The number of nitrogens with one attached hydrogen (secondary N) is 2. The third-order valence-electron chi connectivity index (χ3n) is 4.81. The summed E-state index contributed by atoms with van der Waals surface area (Å²) in [4.78, 5) is 4.71. The van der Waals surface area contributed by atoms with Gasteiger partial charge in [-0.15, -0.1) is 0 Å². The number of guanidine groups is 1. The van der Waals surface area contributed by atoms with Crippen LogP contribution in [0.4, 0.5) is 0 Å². The molecule has 5 heteroatoms. The number of aliphatic hydroxyl groups is 1. The normalized spacial score (nSPS) is 12.3. The first-order chi connectivity index (χ1) is 12.5. The lowest BCUT2D eigenvalue weighted by Gasteiger charge is -2.32. The third-order valence-corrected chi connectivity index (χ3v) is 4.81. The molecule has 0 heterocycles. The van der Waals surface area contributed by atoms with Gasteiger partial charge < -0.3 is 20.5 Å². The molecule has 0 radical (unpaired) electrons. The minimum absolute atomic E-state index is 0.107. The number of aliphatic hydroxyl groups excluding tert-OH is 1. The Morgan fingerprint density at radius 1 is 1.19 bits per heavy atom. The van der Waals surface area contributed by atoms with E-state index in [1.807, 2.05) is 32.0 Å². The number of benzene rings is 1. The summed E-state index contributed by atoms with van der Waals surface area (Å²) in [5.41, 5.74) is 1.23. The standard InChI is InChI=1S/C21H37N3O2/c1-6-21(7-2,12-13-25)16-24-20(22-8-3)23-15-18-10-9-11-19(14-18)26-17(4)5/h9-11,14,17,25H,6-8,12-13,15-16H2,1-5H3,(H2,22,23,24). The minimum Gasteiger partial charge on any atom is -0.491 e. The van der Waals surface area contributed by atoms with Gasteiger partial charge in [-0.05, 0) is 63.1 Å². The number of hydrogen-bond acceptors (Lipinski definition) is 3. The zero-order valence-electron chi connectivity index (χ0n) is 17.1. The summed E-state index contributed by atoms with van der Waals surface area (Å²) in [5, 5.41) is 16.2. The van der Waals surface area contributed by atoms with Gasteiger partial charge in [-0.2, -0.15) is 0 Å². The van der Waals surface area contributed by atoms with Crippen LogP contribution in [0.5, 0.6) is 5.75 Å². The van der Waals surface area contributed by atoms with Crippen molar-refractivity contribution in [2.75, 3.05) is 19.7 Å². The first-order valence-electron chi connectivity index (χ1n) is 9.87. The Morgan fingerprint density at radius 2 is 1.92 bits per heavy atom. The number of ether oxygens (including phenoxy) is 1. The maximum absolute atomic E-state index is 9.39. The maximum Gasteiger partial charge on any atom is 0.191 e. The van der Waals surface area contributed by atoms with Crippen molar-refractivity contribution in [1.82, 2.24) is 10.6 Å². The smallest absolute Gasteiger partial charge is 0.191 e. The van der Waals surface area contributed by atoms with E-state index in [9.17, 15) is 5.11 Å². The van der Waals surface area contributed by atoms with Crippen LogP contribution in [0.15, 0.2) is 29.3 Å². The second-order valence-electron chi connectivity index (χ2n) is 7.04. The monoisotopic (exact) mass is 363 g/mol. The lowest BCUT2D eigenvalue weighted by Crippen LogP contribution is -2.43. The highest BCUT2D eigenvalue weighted by molar-refractivity contribution is 5.79. The number of rotatable bonds is 11. The summed E-state index contributed by atoms with van der Waals surface area (Å²) in [6, 6.07) is 8.08. The maximum atomic E-state index is 9.39. The Bertz CT molecular complexity index is 540. The van der Waals surface area contributed by atoms with Gasteiger partial charge in [0.2, 0.25) is 0 Å². The molecule has 1 aromatic carbocycles. The zero-order valence-corrected chi connectivity index (χ0v) is 17.1. The molecule has 0 bridgehead atoms. The lowest BCUT2D eigenvalue weighted by atomic mass is 9.79. The van der Waals surface area contributed by atoms with Gasteiger partial charge in [0.1, 0.15) is 5.75 Å². The van der Waals surface area contributed by atoms with Crippen LogP contribution in [0.2, 0.25) is 0 Å².